The van der Waals surface area contributed by atoms with Crippen LogP contribution in [0.15, 0.2) is 30.3 Å². The van der Waals surface area contributed by atoms with Crippen LogP contribution in [0.25, 0.3) is 0 Å². The van der Waals surface area contributed by atoms with E-state index in [-0.39, 0.29) is 17.9 Å². The quantitative estimate of drug-likeness (QED) is 0.891. The molecule has 0 heterocycles. The van der Waals surface area contributed by atoms with Gasteiger partial charge in [-0.3, -0.25) is 4.79 Å². The molecule has 1 aromatic rings. The van der Waals surface area contributed by atoms with E-state index in [4.69, 9.17) is 5.73 Å². The van der Waals surface area contributed by atoms with E-state index in [9.17, 15) is 4.79 Å². The standard InChI is InChI=1S/C20H30N2O/c1-13(2)19(14-7-4-3-5-8-14)22-20(23)17-11-15-9-6-10-16(12-17)18(15)21/h3-5,7-8,13,15-19H,6,9-12,21H2,1-2H3,(H,22,23). The fourth-order valence-electron chi connectivity index (χ4n) is 4.57. The third-order valence-corrected chi connectivity index (χ3v) is 5.91. The van der Waals surface area contributed by atoms with Crippen LogP contribution < -0.4 is 11.1 Å². The van der Waals surface area contributed by atoms with E-state index in [2.05, 4.69) is 31.3 Å². The lowest BCUT2D eigenvalue weighted by molar-refractivity contribution is -0.129. The van der Waals surface area contributed by atoms with Crippen LogP contribution in [0.2, 0.25) is 0 Å². The molecule has 0 radical (unpaired) electrons. The Kier molecular flexibility index (Phi) is 5.05. The van der Waals surface area contributed by atoms with Crippen molar-refractivity contribution in [1.82, 2.24) is 5.32 Å². The highest BCUT2D eigenvalue weighted by atomic mass is 16.1. The van der Waals surface area contributed by atoms with E-state index >= 15 is 0 Å². The van der Waals surface area contributed by atoms with Crippen LogP contribution in [0.1, 0.15) is 57.6 Å². The van der Waals surface area contributed by atoms with E-state index in [0.717, 1.165) is 12.8 Å². The summed E-state index contributed by atoms with van der Waals surface area (Å²) in [5.74, 6) is 1.86. The molecule has 3 heteroatoms. The molecule has 0 saturated heterocycles. The second kappa shape index (κ2) is 7.04. The van der Waals surface area contributed by atoms with Gasteiger partial charge < -0.3 is 11.1 Å². The van der Waals surface area contributed by atoms with Crippen LogP contribution >= 0.6 is 0 Å². The van der Waals surface area contributed by atoms with Crippen LogP contribution in [0.3, 0.4) is 0 Å². The summed E-state index contributed by atoms with van der Waals surface area (Å²) in [6, 6.07) is 10.7. The minimum Gasteiger partial charge on any atom is -0.349 e. The number of carbonyl (C=O) groups excluding carboxylic acids is 1. The second-order valence-corrected chi connectivity index (χ2v) is 7.84. The molecule has 0 aromatic heterocycles. The predicted octanol–water partition coefficient (Wildman–Crippen LogP) is 3.65. The van der Waals surface area contributed by atoms with Crippen molar-refractivity contribution in [3.63, 3.8) is 0 Å². The third-order valence-electron chi connectivity index (χ3n) is 5.91. The van der Waals surface area contributed by atoms with Gasteiger partial charge in [0.05, 0.1) is 6.04 Å². The lowest BCUT2D eigenvalue weighted by atomic mass is 9.65. The molecule has 3 unspecified atom stereocenters. The van der Waals surface area contributed by atoms with Crippen LogP contribution in [0.4, 0.5) is 0 Å². The summed E-state index contributed by atoms with van der Waals surface area (Å²) in [5, 5.41) is 3.33. The molecule has 2 aliphatic rings. The highest BCUT2D eigenvalue weighted by Gasteiger charge is 2.40. The number of nitrogens with two attached hydrogens (primary N) is 1. The molecule has 1 aromatic carbocycles. The fraction of sp³-hybridized carbons (Fsp3) is 0.650. The normalized spacial score (nSPS) is 31.7. The van der Waals surface area contributed by atoms with Gasteiger partial charge in [0.15, 0.2) is 0 Å². The highest BCUT2D eigenvalue weighted by molar-refractivity contribution is 5.79. The van der Waals surface area contributed by atoms with Gasteiger partial charge in [0.25, 0.3) is 0 Å². The third kappa shape index (κ3) is 3.60. The Labute approximate surface area is 140 Å². The molecular formula is C20H30N2O. The van der Waals surface area contributed by atoms with Crippen molar-refractivity contribution in [3.8, 4) is 0 Å². The summed E-state index contributed by atoms with van der Waals surface area (Å²) in [5.41, 5.74) is 7.55. The zero-order valence-corrected chi connectivity index (χ0v) is 14.4. The first kappa shape index (κ1) is 16.5. The molecule has 3 rings (SSSR count). The van der Waals surface area contributed by atoms with E-state index < -0.39 is 0 Å². The average Bonchev–Trinajstić information content (AvgIpc) is 2.52. The lowest BCUT2D eigenvalue weighted by Gasteiger charge is -2.43. The molecule has 3 nitrogen and oxygen atoms in total. The number of nitrogens with one attached hydrogen (secondary N) is 1. The topological polar surface area (TPSA) is 55.1 Å². The molecule has 2 fully saturated rings. The van der Waals surface area contributed by atoms with Gasteiger partial charge in [0.2, 0.25) is 5.91 Å². The van der Waals surface area contributed by atoms with Crippen LogP contribution in [0.5, 0.6) is 0 Å². The van der Waals surface area contributed by atoms with E-state index in [1.165, 1.54) is 24.8 Å². The lowest BCUT2D eigenvalue weighted by Crippen LogP contribution is -2.49. The number of benzene rings is 1. The number of amides is 1. The van der Waals surface area contributed by atoms with Crippen molar-refractivity contribution < 1.29 is 4.79 Å². The first-order chi connectivity index (χ1) is 11.1. The molecule has 3 atom stereocenters. The summed E-state index contributed by atoms with van der Waals surface area (Å²) >= 11 is 0. The summed E-state index contributed by atoms with van der Waals surface area (Å²) in [4.78, 5) is 12.9. The molecule has 0 aliphatic heterocycles. The minimum atomic E-state index is 0.0964. The number of carbonyl (C=O) groups is 1. The van der Waals surface area contributed by atoms with Gasteiger partial charge in [0.1, 0.15) is 0 Å². The first-order valence-corrected chi connectivity index (χ1v) is 9.17. The first-order valence-electron chi connectivity index (χ1n) is 9.17. The zero-order chi connectivity index (χ0) is 16.4. The predicted molar refractivity (Wildman–Crippen MR) is 93.7 cm³/mol. The van der Waals surface area contributed by atoms with Crippen molar-refractivity contribution in [2.45, 2.75) is 58.0 Å². The van der Waals surface area contributed by atoms with Crippen LogP contribution in [-0.4, -0.2) is 11.9 Å². The van der Waals surface area contributed by atoms with Gasteiger partial charge in [-0.15, -0.1) is 0 Å². The smallest absolute Gasteiger partial charge is 0.223 e. The van der Waals surface area contributed by atoms with Crippen molar-refractivity contribution >= 4 is 5.91 Å². The van der Waals surface area contributed by atoms with Gasteiger partial charge in [-0.05, 0) is 49.0 Å². The van der Waals surface area contributed by atoms with Crippen LogP contribution in [-0.2, 0) is 4.79 Å². The van der Waals surface area contributed by atoms with Gasteiger partial charge in [-0.1, -0.05) is 50.6 Å². The van der Waals surface area contributed by atoms with E-state index in [1.807, 2.05) is 18.2 Å². The molecule has 2 bridgehead atoms. The molecule has 3 N–H and O–H groups in total. The van der Waals surface area contributed by atoms with Gasteiger partial charge in [-0.25, -0.2) is 0 Å². The average molecular weight is 314 g/mol. The summed E-state index contributed by atoms with van der Waals surface area (Å²) in [7, 11) is 0. The number of fused-ring (bicyclic) bond motifs is 2. The van der Waals surface area contributed by atoms with Gasteiger partial charge >= 0.3 is 0 Å². The highest BCUT2D eigenvalue weighted by Crippen LogP contribution is 2.42. The summed E-state index contributed by atoms with van der Waals surface area (Å²) in [6.07, 6.45) is 5.64. The molecule has 23 heavy (non-hydrogen) atoms. The Morgan fingerprint density at radius 3 is 2.30 bits per heavy atom. The Morgan fingerprint density at radius 2 is 1.74 bits per heavy atom. The van der Waals surface area contributed by atoms with Crippen LogP contribution in [0, 0.1) is 23.7 Å². The summed E-state index contributed by atoms with van der Waals surface area (Å²) < 4.78 is 0. The molecule has 2 aliphatic carbocycles. The summed E-state index contributed by atoms with van der Waals surface area (Å²) in [6.45, 7) is 4.34. The minimum absolute atomic E-state index is 0.0964. The molecule has 0 spiro atoms. The fourth-order valence-corrected chi connectivity index (χ4v) is 4.57. The largest absolute Gasteiger partial charge is 0.349 e. The van der Waals surface area contributed by atoms with Crippen molar-refractivity contribution in [2.24, 2.45) is 29.4 Å². The number of rotatable bonds is 4. The number of hydrogen-bond donors (Lipinski definition) is 2. The molecular weight excluding hydrogens is 284 g/mol. The Balaban J connectivity index is 1.68. The Hall–Kier alpha value is -1.35. The number of hydrogen-bond acceptors (Lipinski definition) is 2. The Morgan fingerprint density at radius 1 is 1.13 bits per heavy atom. The SMILES string of the molecule is CC(C)C(NC(=O)C1CC2CCCC(C1)C2N)c1ccccc1. The van der Waals surface area contributed by atoms with Gasteiger partial charge in [-0.2, -0.15) is 0 Å². The van der Waals surface area contributed by atoms with E-state index in [1.54, 1.807) is 0 Å². The van der Waals surface area contributed by atoms with E-state index in [0.29, 0.717) is 23.8 Å². The van der Waals surface area contributed by atoms with Gasteiger partial charge in [0, 0.05) is 12.0 Å². The van der Waals surface area contributed by atoms with Crippen molar-refractivity contribution in [1.29, 1.82) is 0 Å². The molecule has 2 saturated carbocycles. The molecule has 1 amide bonds. The second-order valence-electron chi connectivity index (χ2n) is 7.84. The van der Waals surface area contributed by atoms with Crippen molar-refractivity contribution in [2.75, 3.05) is 0 Å². The Bertz CT molecular complexity index is 514. The molecule has 126 valence electrons. The maximum Gasteiger partial charge on any atom is 0.223 e. The maximum absolute atomic E-state index is 12.9. The maximum atomic E-state index is 12.9. The monoisotopic (exact) mass is 314 g/mol. The zero-order valence-electron chi connectivity index (χ0n) is 14.4. The van der Waals surface area contributed by atoms with Crippen molar-refractivity contribution in [3.05, 3.63) is 35.9 Å².